The van der Waals surface area contributed by atoms with Gasteiger partial charge in [0.1, 0.15) is 0 Å². The van der Waals surface area contributed by atoms with Crippen molar-refractivity contribution in [3.63, 3.8) is 0 Å². The van der Waals surface area contributed by atoms with Crippen molar-refractivity contribution in [1.29, 1.82) is 0 Å². The number of allylic oxidation sites excluding steroid dienone is 4. The normalized spacial score (nSPS) is 17.5. The second-order valence-corrected chi connectivity index (χ2v) is 5.03. The van der Waals surface area contributed by atoms with E-state index in [1.165, 1.54) is 0 Å². The first-order chi connectivity index (χ1) is 9.15. The molecule has 0 heterocycles. The zero-order chi connectivity index (χ0) is 14.3. The summed E-state index contributed by atoms with van der Waals surface area (Å²) in [6.45, 7) is 8.23. The molecule has 3 nitrogen and oxygen atoms in total. The molecule has 1 amide bonds. The maximum atomic E-state index is 12.5. The summed E-state index contributed by atoms with van der Waals surface area (Å²) in [5, 5.41) is 9.51. The van der Waals surface area contributed by atoms with Crippen LogP contribution in [0, 0.1) is 5.92 Å². The van der Waals surface area contributed by atoms with E-state index in [9.17, 15) is 9.90 Å². The monoisotopic (exact) mass is 263 g/mol. The molecule has 0 bridgehead atoms. The summed E-state index contributed by atoms with van der Waals surface area (Å²) in [7, 11) is 0. The van der Waals surface area contributed by atoms with Crippen LogP contribution in [0.2, 0.25) is 0 Å². The minimum absolute atomic E-state index is 0.0626. The molecule has 1 rings (SSSR count). The van der Waals surface area contributed by atoms with E-state index < -0.39 is 5.92 Å². The summed E-state index contributed by atoms with van der Waals surface area (Å²) < 4.78 is 0. The Balaban J connectivity index is 2.76. The van der Waals surface area contributed by atoms with Gasteiger partial charge in [0.15, 0.2) is 0 Å². The van der Waals surface area contributed by atoms with Gasteiger partial charge in [-0.15, -0.1) is 0 Å². The highest BCUT2D eigenvalue weighted by Gasteiger charge is 2.35. The maximum absolute atomic E-state index is 12.5. The second-order valence-electron chi connectivity index (χ2n) is 5.03. The van der Waals surface area contributed by atoms with E-state index in [0.717, 1.165) is 31.4 Å². The number of nitrogens with zero attached hydrogens (tertiary/aromatic N) is 1. The molecule has 19 heavy (non-hydrogen) atoms. The molecule has 0 aliphatic heterocycles. The average Bonchev–Trinajstić information content (AvgIpc) is 3.21. The highest BCUT2D eigenvalue weighted by atomic mass is 16.3. The fourth-order valence-corrected chi connectivity index (χ4v) is 2.12. The van der Waals surface area contributed by atoms with Crippen molar-refractivity contribution < 1.29 is 9.90 Å². The molecule has 1 N–H and O–H groups in total. The Hall–Kier alpha value is -1.35. The van der Waals surface area contributed by atoms with Crippen molar-refractivity contribution in [2.45, 2.75) is 39.2 Å². The summed E-state index contributed by atoms with van der Waals surface area (Å²) in [6.07, 6.45) is 10.4. The first-order valence-electron chi connectivity index (χ1n) is 7.02. The highest BCUT2D eigenvalue weighted by Crippen LogP contribution is 2.29. The molecule has 1 unspecified atom stereocenters. The number of aliphatic hydroxyl groups is 1. The van der Waals surface area contributed by atoms with Crippen molar-refractivity contribution in [2.24, 2.45) is 5.92 Å². The molecule has 106 valence electrons. The van der Waals surface area contributed by atoms with E-state index in [4.69, 9.17) is 0 Å². The van der Waals surface area contributed by atoms with E-state index in [-0.39, 0.29) is 12.5 Å². The average molecular weight is 263 g/mol. The lowest BCUT2D eigenvalue weighted by Gasteiger charge is -2.26. The highest BCUT2D eigenvalue weighted by molar-refractivity contribution is 5.82. The quantitative estimate of drug-likeness (QED) is 0.684. The number of carbonyl (C=O) groups is 1. The number of hydrogen-bond donors (Lipinski definition) is 1. The van der Waals surface area contributed by atoms with Crippen molar-refractivity contribution in [2.75, 3.05) is 13.2 Å². The maximum Gasteiger partial charge on any atom is 0.232 e. The van der Waals surface area contributed by atoms with Gasteiger partial charge in [-0.3, -0.25) is 4.79 Å². The fourth-order valence-electron chi connectivity index (χ4n) is 2.12. The van der Waals surface area contributed by atoms with Gasteiger partial charge in [0, 0.05) is 12.6 Å². The van der Waals surface area contributed by atoms with Crippen LogP contribution in [0.25, 0.3) is 0 Å². The van der Waals surface area contributed by atoms with Crippen LogP contribution in [0.4, 0.5) is 0 Å². The number of hydrogen-bond acceptors (Lipinski definition) is 2. The van der Waals surface area contributed by atoms with Crippen molar-refractivity contribution in [3.8, 4) is 0 Å². The standard InChI is InChI=1S/C16H25NO2/c1-4-6-7-8-13(3)15(12-18)16(19)17(11-5-2)14-9-10-14/h4,6-8,14-15,18H,1,5,9-12H2,2-3H3/b7-6-,13-8+. The molecule has 1 atom stereocenters. The lowest BCUT2D eigenvalue weighted by molar-refractivity contribution is -0.136. The van der Waals surface area contributed by atoms with Crippen LogP contribution in [0.3, 0.4) is 0 Å². The Labute approximate surface area is 116 Å². The fraction of sp³-hybridized carbons (Fsp3) is 0.562. The third kappa shape index (κ3) is 4.67. The minimum Gasteiger partial charge on any atom is -0.395 e. The molecule has 0 aromatic rings. The molecule has 0 aromatic carbocycles. The third-order valence-corrected chi connectivity index (χ3v) is 3.37. The molecule has 0 spiro atoms. The second kappa shape index (κ2) is 7.95. The predicted molar refractivity (Wildman–Crippen MR) is 78.7 cm³/mol. The van der Waals surface area contributed by atoms with E-state index in [1.54, 1.807) is 6.08 Å². The van der Waals surface area contributed by atoms with E-state index in [1.807, 2.05) is 30.1 Å². The van der Waals surface area contributed by atoms with Crippen LogP contribution in [-0.2, 0) is 4.79 Å². The SMILES string of the molecule is C=C/C=C\C=C(/C)C(CO)C(=O)N(CCC)C1CC1. The van der Waals surface area contributed by atoms with Crippen LogP contribution in [0.5, 0.6) is 0 Å². The van der Waals surface area contributed by atoms with E-state index in [2.05, 4.69) is 13.5 Å². The van der Waals surface area contributed by atoms with Gasteiger partial charge in [-0.2, -0.15) is 0 Å². The van der Waals surface area contributed by atoms with Crippen molar-refractivity contribution in [3.05, 3.63) is 36.5 Å². The Morgan fingerprint density at radius 2 is 2.16 bits per heavy atom. The van der Waals surface area contributed by atoms with E-state index >= 15 is 0 Å². The Kier molecular flexibility index (Phi) is 6.57. The van der Waals surface area contributed by atoms with Gasteiger partial charge >= 0.3 is 0 Å². The summed E-state index contributed by atoms with van der Waals surface area (Å²) in [5.41, 5.74) is 0.896. The minimum atomic E-state index is -0.415. The summed E-state index contributed by atoms with van der Waals surface area (Å²) in [5.74, 6) is -0.353. The topological polar surface area (TPSA) is 40.5 Å². The van der Waals surface area contributed by atoms with Crippen LogP contribution in [-0.4, -0.2) is 35.1 Å². The van der Waals surface area contributed by atoms with E-state index in [0.29, 0.717) is 6.04 Å². The summed E-state index contributed by atoms with van der Waals surface area (Å²) >= 11 is 0. The molecule has 0 aromatic heterocycles. The largest absolute Gasteiger partial charge is 0.395 e. The molecule has 3 heteroatoms. The number of rotatable bonds is 8. The van der Waals surface area contributed by atoms with Gasteiger partial charge in [0.05, 0.1) is 12.5 Å². The first kappa shape index (κ1) is 15.7. The van der Waals surface area contributed by atoms with Crippen molar-refractivity contribution >= 4 is 5.91 Å². The van der Waals surface area contributed by atoms with Crippen LogP contribution in [0.15, 0.2) is 36.5 Å². The summed E-state index contributed by atoms with van der Waals surface area (Å²) in [6, 6.07) is 0.401. The Morgan fingerprint density at radius 3 is 2.63 bits per heavy atom. The molecule has 1 aliphatic carbocycles. The van der Waals surface area contributed by atoms with Crippen LogP contribution in [0.1, 0.15) is 33.1 Å². The lowest BCUT2D eigenvalue weighted by atomic mass is 9.99. The molecular weight excluding hydrogens is 238 g/mol. The predicted octanol–water partition coefficient (Wildman–Crippen LogP) is 2.68. The third-order valence-electron chi connectivity index (χ3n) is 3.37. The van der Waals surface area contributed by atoms with Gasteiger partial charge in [-0.1, -0.05) is 43.4 Å². The van der Waals surface area contributed by atoms with Crippen LogP contribution >= 0.6 is 0 Å². The lowest BCUT2D eigenvalue weighted by Crippen LogP contribution is -2.40. The summed E-state index contributed by atoms with van der Waals surface area (Å²) in [4.78, 5) is 14.4. The molecule has 0 saturated heterocycles. The van der Waals surface area contributed by atoms with Crippen molar-refractivity contribution in [1.82, 2.24) is 4.90 Å². The molecule has 1 aliphatic rings. The molecule has 1 saturated carbocycles. The number of carbonyl (C=O) groups excluding carboxylic acids is 1. The number of aliphatic hydroxyl groups excluding tert-OH is 1. The van der Waals surface area contributed by atoms with Gasteiger partial charge < -0.3 is 10.0 Å². The Morgan fingerprint density at radius 1 is 1.47 bits per heavy atom. The van der Waals surface area contributed by atoms with Gasteiger partial charge in [0.2, 0.25) is 5.91 Å². The Bertz CT molecular complexity index is 367. The zero-order valence-electron chi connectivity index (χ0n) is 12.0. The van der Waals surface area contributed by atoms with Gasteiger partial charge in [0.25, 0.3) is 0 Å². The van der Waals surface area contributed by atoms with Gasteiger partial charge in [-0.05, 0) is 26.2 Å². The molecule has 1 fully saturated rings. The smallest absolute Gasteiger partial charge is 0.232 e. The molecule has 0 radical (unpaired) electrons. The first-order valence-corrected chi connectivity index (χ1v) is 7.02. The van der Waals surface area contributed by atoms with Crippen LogP contribution < -0.4 is 0 Å². The number of amides is 1. The molecular formula is C16H25NO2. The van der Waals surface area contributed by atoms with Gasteiger partial charge in [-0.25, -0.2) is 0 Å². The zero-order valence-corrected chi connectivity index (χ0v) is 12.0.